The van der Waals surface area contributed by atoms with Crippen molar-refractivity contribution in [3.05, 3.63) is 47.8 Å². The number of esters is 1. The first-order valence-electron chi connectivity index (χ1n) is 5.83. The van der Waals surface area contributed by atoms with Crippen LogP contribution in [0.25, 0.3) is 0 Å². The highest BCUT2D eigenvalue weighted by atomic mass is 19.4. The summed E-state index contributed by atoms with van der Waals surface area (Å²) in [5.74, 6) is -1.20. The lowest BCUT2D eigenvalue weighted by atomic mass is 10.1. The molecule has 0 atom stereocenters. The van der Waals surface area contributed by atoms with Gasteiger partial charge in [0.2, 0.25) is 0 Å². The van der Waals surface area contributed by atoms with Crippen LogP contribution in [0.2, 0.25) is 0 Å². The van der Waals surface area contributed by atoms with Crippen molar-refractivity contribution in [1.29, 1.82) is 0 Å². The fourth-order valence-electron chi connectivity index (χ4n) is 1.72. The van der Waals surface area contributed by atoms with Gasteiger partial charge >= 0.3 is 12.3 Å². The Morgan fingerprint density at radius 1 is 1.38 bits per heavy atom. The first-order chi connectivity index (χ1) is 9.89. The molecule has 2 aromatic rings. The molecule has 2 rings (SSSR count). The maximum atomic E-state index is 12.5. The standard InChI is InChI=1S/C13H11F3N2O3/c1-20-12(19)9-3-4-10(8-18-6-2-5-17-18)11(7-9)21-13(14,15)16/h2-7H,8H2,1H3. The Bertz CT molecular complexity index is 624. The predicted molar refractivity (Wildman–Crippen MR) is 65.8 cm³/mol. The molecule has 8 heteroatoms. The van der Waals surface area contributed by atoms with Crippen LogP contribution in [0.3, 0.4) is 0 Å². The molecular formula is C13H11F3N2O3. The van der Waals surface area contributed by atoms with E-state index in [4.69, 9.17) is 0 Å². The molecule has 0 amide bonds. The summed E-state index contributed by atoms with van der Waals surface area (Å²) in [6.45, 7) is 0.0832. The molecule has 112 valence electrons. The second kappa shape index (κ2) is 5.86. The van der Waals surface area contributed by atoms with E-state index in [1.165, 1.54) is 23.0 Å². The number of nitrogens with zero attached hydrogens (tertiary/aromatic N) is 2. The number of aromatic nitrogens is 2. The Balaban J connectivity index is 2.36. The van der Waals surface area contributed by atoms with Gasteiger partial charge in [-0.05, 0) is 18.2 Å². The molecular weight excluding hydrogens is 289 g/mol. The molecule has 0 spiro atoms. The number of carbonyl (C=O) groups excluding carboxylic acids is 1. The number of halogens is 3. The topological polar surface area (TPSA) is 53.4 Å². The van der Waals surface area contributed by atoms with Gasteiger partial charge in [-0.25, -0.2) is 4.79 Å². The van der Waals surface area contributed by atoms with Crippen molar-refractivity contribution in [2.75, 3.05) is 7.11 Å². The van der Waals surface area contributed by atoms with Crippen LogP contribution < -0.4 is 4.74 Å². The molecule has 0 aliphatic heterocycles. The molecule has 0 N–H and O–H groups in total. The highest BCUT2D eigenvalue weighted by molar-refractivity contribution is 5.89. The maximum absolute atomic E-state index is 12.5. The largest absolute Gasteiger partial charge is 0.573 e. The van der Waals surface area contributed by atoms with E-state index in [-0.39, 0.29) is 17.7 Å². The van der Waals surface area contributed by atoms with E-state index in [1.54, 1.807) is 12.3 Å². The van der Waals surface area contributed by atoms with Crippen LogP contribution in [0.1, 0.15) is 15.9 Å². The van der Waals surface area contributed by atoms with Crippen LogP contribution >= 0.6 is 0 Å². The Morgan fingerprint density at radius 2 is 2.14 bits per heavy atom. The molecule has 0 aliphatic carbocycles. The second-order valence-electron chi connectivity index (χ2n) is 4.07. The van der Waals surface area contributed by atoms with Crippen molar-refractivity contribution >= 4 is 5.97 Å². The molecule has 0 aliphatic rings. The van der Waals surface area contributed by atoms with E-state index in [2.05, 4.69) is 14.6 Å². The lowest BCUT2D eigenvalue weighted by Gasteiger charge is -2.14. The Labute approximate surface area is 117 Å². The van der Waals surface area contributed by atoms with Crippen LogP contribution in [-0.4, -0.2) is 29.2 Å². The third-order valence-corrected chi connectivity index (χ3v) is 2.61. The molecule has 1 aromatic carbocycles. The summed E-state index contributed by atoms with van der Waals surface area (Å²) < 4.78 is 47.2. The van der Waals surface area contributed by atoms with E-state index < -0.39 is 18.1 Å². The average molecular weight is 300 g/mol. The number of ether oxygens (including phenoxy) is 2. The van der Waals surface area contributed by atoms with Crippen molar-refractivity contribution in [2.45, 2.75) is 12.9 Å². The number of carbonyl (C=O) groups is 1. The van der Waals surface area contributed by atoms with Gasteiger partial charge in [-0.1, -0.05) is 6.07 Å². The van der Waals surface area contributed by atoms with Gasteiger partial charge in [0, 0.05) is 18.0 Å². The lowest BCUT2D eigenvalue weighted by Crippen LogP contribution is -2.19. The van der Waals surface area contributed by atoms with E-state index in [1.807, 2.05) is 0 Å². The zero-order valence-electron chi connectivity index (χ0n) is 10.9. The Morgan fingerprint density at radius 3 is 2.71 bits per heavy atom. The molecule has 21 heavy (non-hydrogen) atoms. The molecule has 5 nitrogen and oxygen atoms in total. The first kappa shape index (κ1) is 14.9. The minimum atomic E-state index is -4.85. The molecule has 0 fully saturated rings. The van der Waals surface area contributed by atoms with E-state index in [9.17, 15) is 18.0 Å². The quantitative estimate of drug-likeness (QED) is 0.815. The van der Waals surface area contributed by atoms with Gasteiger partial charge in [-0.3, -0.25) is 4.68 Å². The summed E-state index contributed by atoms with van der Waals surface area (Å²) in [5, 5.41) is 3.91. The summed E-state index contributed by atoms with van der Waals surface area (Å²) in [6, 6.07) is 5.38. The molecule has 0 radical (unpaired) electrons. The smallest absolute Gasteiger partial charge is 0.465 e. The zero-order valence-corrected chi connectivity index (χ0v) is 10.9. The molecule has 0 bridgehead atoms. The molecule has 1 aromatic heterocycles. The van der Waals surface area contributed by atoms with Crippen molar-refractivity contribution in [3.8, 4) is 5.75 Å². The SMILES string of the molecule is COC(=O)c1ccc(Cn2cccn2)c(OC(F)(F)F)c1. The number of alkyl halides is 3. The minimum absolute atomic E-state index is 0.0269. The summed E-state index contributed by atoms with van der Waals surface area (Å²) >= 11 is 0. The predicted octanol–water partition coefficient (Wildman–Crippen LogP) is 2.62. The Kier molecular flexibility index (Phi) is 4.15. The van der Waals surface area contributed by atoms with Crippen molar-refractivity contribution < 1.29 is 27.4 Å². The van der Waals surface area contributed by atoms with Gasteiger partial charge in [0.1, 0.15) is 5.75 Å². The summed E-state index contributed by atoms with van der Waals surface area (Å²) in [5.41, 5.74) is 0.213. The minimum Gasteiger partial charge on any atom is -0.465 e. The van der Waals surface area contributed by atoms with E-state index in [0.717, 1.165) is 13.2 Å². The van der Waals surface area contributed by atoms with Crippen LogP contribution in [0.5, 0.6) is 5.75 Å². The molecule has 1 heterocycles. The van der Waals surface area contributed by atoms with Crippen molar-refractivity contribution in [1.82, 2.24) is 9.78 Å². The van der Waals surface area contributed by atoms with Crippen molar-refractivity contribution in [3.63, 3.8) is 0 Å². The third kappa shape index (κ3) is 3.98. The van der Waals surface area contributed by atoms with Crippen LogP contribution in [0.4, 0.5) is 13.2 Å². The highest BCUT2D eigenvalue weighted by Crippen LogP contribution is 2.28. The highest BCUT2D eigenvalue weighted by Gasteiger charge is 2.32. The number of hydrogen-bond donors (Lipinski definition) is 0. The second-order valence-corrected chi connectivity index (χ2v) is 4.07. The summed E-state index contributed by atoms with van der Waals surface area (Å²) in [6.07, 6.45) is -1.74. The summed E-state index contributed by atoms with van der Waals surface area (Å²) in [4.78, 5) is 11.4. The van der Waals surface area contributed by atoms with Gasteiger partial charge in [-0.15, -0.1) is 13.2 Å². The van der Waals surface area contributed by atoms with E-state index >= 15 is 0 Å². The molecule has 0 saturated carbocycles. The maximum Gasteiger partial charge on any atom is 0.573 e. The number of hydrogen-bond acceptors (Lipinski definition) is 4. The van der Waals surface area contributed by atoms with Gasteiger partial charge in [0.15, 0.2) is 0 Å². The average Bonchev–Trinajstić information content (AvgIpc) is 2.91. The van der Waals surface area contributed by atoms with Crippen LogP contribution in [0.15, 0.2) is 36.7 Å². The Hall–Kier alpha value is -2.51. The normalized spacial score (nSPS) is 11.2. The number of methoxy groups -OCH3 is 1. The van der Waals surface area contributed by atoms with Gasteiger partial charge in [0.05, 0.1) is 19.2 Å². The van der Waals surface area contributed by atoms with E-state index in [0.29, 0.717) is 0 Å². The van der Waals surface area contributed by atoms with Gasteiger partial charge < -0.3 is 9.47 Å². The van der Waals surface area contributed by atoms with Crippen LogP contribution in [0, 0.1) is 0 Å². The lowest BCUT2D eigenvalue weighted by molar-refractivity contribution is -0.274. The van der Waals surface area contributed by atoms with Gasteiger partial charge in [0.25, 0.3) is 0 Å². The van der Waals surface area contributed by atoms with Crippen molar-refractivity contribution in [2.24, 2.45) is 0 Å². The zero-order chi connectivity index (χ0) is 15.5. The third-order valence-electron chi connectivity index (χ3n) is 2.61. The fourth-order valence-corrected chi connectivity index (χ4v) is 1.72. The summed E-state index contributed by atoms with van der Waals surface area (Å²) in [7, 11) is 1.14. The van der Waals surface area contributed by atoms with Crippen LogP contribution in [-0.2, 0) is 11.3 Å². The molecule has 0 unspecified atom stereocenters. The number of rotatable bonds is 4. The fraction of sp³-hybridized carbons (Fsp3) is 0.231. The molecule has 0 saturated heterocycles. The first-order valence-corrected chi connectivity index (χ1v) is 5.83. The van der Waals surface area contributed by atoms with Gasteiger partial charge in [-0.2, -0.15) is 5.10 Å². The number of benzene rings is 1. The monoisotopic (exact) mass is 300 g/mol.